The molecule has 0 aliphatic heterocycles. The number of carbonyl (C=O) groups excluding carboxylic acids is 1. The maximum atomic E-state index is 12.2. The number of nitrogens with zero attached hydrogens (tertiary/aromatic N) is 3. The molecule has 202 valence electrons. The van der Waals surface area contributed by atoms with Gasteiger partial charge in [-0.1, -0.05) is 48.5 Å². The second kappa shape index (κ2) is 12.2. The average Bonchev–Trinajstić information content (AvgIpc) is 3.46. The van der Waals surface area contributed by atoms with E-state index in [1.54, 1.807) is 12.4 Å². The van der Waals surface area contributed by atoms with E-state index in [4.69, 9.17) is 4.98 Å². The summed E-state index contributed by atoms with van der Waals surface area (Å²) in [5.74, 6) is 0.390. The second-order valence-corrected chi connectivity index (χ2v) is 10.3. The van der Waals surface area contributed by atoms with Crippen LogP contribution >= 0.6 is 0 Å². The third kappa shape index (κ3) is 6.53. The van der Waals surface area contributed by atoms with E-state index in [1.807, 2.05) is 18.3 Å². The third-order valence-electron chi connectivity index (χ3n) is 7.45. The fraction of sp³-hybridized carbons (Fsp3) is 0.323. The Morgan fingerprint density at radius 3 is 2.77 bits per heavy atom. The number of pyridine rings is 1. The summed E-state index contributed by atoms with van der Waals surface area (Å²) in [7, 11) is 0. The van der Waals surface area contributed by atoms with Crippen molar-refractivity contribution < 1.29 is 9.90 Å². The van der Waals surface area contributed by atoms with E-state index in [9.17, 15) is 9.90 Å². The Hall–Kier alpha value is -4.01. The molecule has 1 aliphatic carbocycles. The number of aliphatic hydroxyl groups excluding tert-OH is 1. The number of nitrogens with one attached hydrogen (secondary N) is 3. The summed E-state index contributed by atoms with van der Waals surface area (Å²) >= 11 is 0. The zero-order valence-corrected chi connectivity index (χ0v) is 22.6. The SMILES string of the molecule is Cc1cnc(CN(Cc2ccc(CNC(=O)Nc3ncc[nH]3)cc2CO)C2CCCc3ccccc32)c(C)c1. The van der Waals surface area contributed by atoms with Crippen molar-refractivity contribution in [3.8, 4) is 0 Å². The van der Waals surface area contributed by atoms with Crippen molar-refractivity contribution in [3.05, 3.63) is 112 Å². The monoisotopic (exact) mass is 524 g/mol. The quantitative estimate of drug-likeness (QED) is 0.237. The number of benzene rings is 2. The van der Waals surface area contributed by atoms with Gasteiger partial charge < -0.3 is 15.4 Å². The highest BCUT2D eigenvalue weighted by Gasteiger charge is 2.27. The molecule has 0 saturated heterocycles. The van der Waals surface area contributed by atoms with Gasteiger partial charge in [0, 0.05) is 44.3 Å². The molecule has 0 spiro atoms. The Bertz CT molecular complexity index is 1420. The maximum absolute atomic E-state index is 12.2. The number of fused-ring (bicyclic) bond motifs is 1. The lowest BCUT2D eigenvalue weighted by molar-refractivity contribution is 0.157. The van der Waals surface area contributed by atoms with Crippen LogP contribution in [0.25, 0.3) is 0 Å². The van der Waals surface area contributed by atoms with Gasteiger partial charge in [0.2, 0.25) is 5.95 Å². The molecule has 5 rings (SSSR count). The average molecular weight is 525 g/mol. The van der Waals surface area contributed by atoms with Crippen molar-refractivity contribution in [1.82, 2.24) is 25.2 Å². The normalized spacial score (nSPS) is 14.7. The summed E-state index contributed by atoms with van der Waals surface area (Å²) in [6.07, 6.45) is 8.51. The number of hydrogen-bond donors (Lipinski definition) is 4. The summed E-state index contributed by atoms with van der Waals surface area (Å²) in [4.78, 5) is 26.3. The van der Waals surface area contributed by atoms with Gasteiger partial charge in [-0.3, -0.25) is 15.2 Å². The molecule has 8 nitrogen and oxygen atoms in total. The van der Waals surface area contributed by atoms with E-state index >= 15 is 0 Å². The molecule has 4 aromatic rings. The molecule has 2 aromatic carbocycles. The molecule has 0 radical (unpaired) electrons. The Morgan fingerprint density at radius 2 is 1.97 bits per heavy atom. The largest absolute Gasteiger partial charge is 0.392 e. The molecule has 2 aromatic heterocycles. The molecule has 4 N–H and O–H groups in total. The topological polar surface area (TPSA) is 106 Å². The number of anilines is 1. The number of aryl methyl sites for hydroxylation is 3. The second-order valence-electron chi connectivity index (χ2n) is 10.3. The van der Waals surface area contributed by atoms with Crippen LogP contribution in [0.5, 0.6) is 0 Å². The number of aromatic nitrogens is 3. The number of H-pyrrole nitrogens is 1. The number of urea groups is 1. The molecular weight excluding hydrogens is 488 g/mol. The molecule has 0 fully saturated rings. The number of rotatable bonds is 9. The van der Waals surface area contributed by atoms with E-state index < -0.39 is 0 Å². The van der Waals surface area contributed by atoms with Crippen molar-refractivity contribution in [2.24, 2.45) is 0 Å². The first-order valence-corrected chi connectivity index (χ1v) is 13.5. The molecule has 2 amide bonds. The van der Waals surface area contributed by atoms with E-state index in [-0.39, 0.29) is 18.7 Å². The van der Waals surface area contributed by atoms with Gasteiger partial charge in [-0.05, 0) is 72.1 Å². The Labute approximate surface area is 229 Å². The van der Waals surface area contributed by atoms with Gasteiger partial charge in [-0.2, -0.15) is 0 Å². The number of amides is 2. The lowest BCUT2D eigenvalue weighted by atomic mass is 9.86. The molecule has 8 heteroatoms. The highest BCUT2D eigenvalue weighted by Crippen LogP contribution is 2.36. The molecule has 39 heavy (non-hydrogen) atoms. The van der Waals surface area contributed by atoms with Crippen LogP contribution in [0, 0.1) is 13.8 Å². The van der Waals surface area contributed by atoms with Crippen molar-refractivity contribution in [3.63, 3.8) is 0 Å². The number of aromatic amines is 1. The van der Waals surface area contributed by atoms with Crippen LogP contribution < -0.4 is 10.6 Å². The molecule has 1 atom stereocenters. The van der Waals surface area contributed by atoms with Gasteiger partial charge in [0.25, 0.3) is 0 Å². The molecule has 1 unspecified atom stereocenters. The predicted octanol–water partition coefficient (Wildman–Crippen LogP) is 5.32. The van der Waals surface area contributed by atoms with Gasteiger partial charge in [-0.25, -0.2) is 9.78 Å². The van der Waals surface area contributed by atoms with E-state index in [2.05, 4.69) is 75.7 Å². The van der Waals surface area contributed by atoms with Crippen molar-refractivity contribution in [2.75, 3.05) is 5.32 Å². The summed E-state index contributed by atoms with van der Waals surface area (Å²) in [6, 6.07) is 17.0. The fourth-order valence-corrected chi connectivity index (χ4v) is 5.46. The van der Waals surface area contributed by atoms with Crippen molar-refractivity contribution in [1.29, 1.82) is 0 Å². The number of aliphatic hydroxyl groups is 1. The highest BCUT2D eigenvalue weighted by atomic mass is 16.3. The minimum Gasteiger partial charge on any atom is -0.392 e. The Balaban J connectivity index is 1.37. The molecule has 1 aliphatic rings. The molecular formula is C31H36N6O2. The van der Waals surface area contributed by atoms with Crippen molar-refractivity contribution in [2.45, 2.75) is 65.4 Å². The number of imidazole rings is 1. The fourth-order valence-electron chi connectivity index (χ4n) is 5.46. The lowest BCUT2D eigenvalue weighted by Crippen LogP contribution is -2.32. The minimum absolute atomic E-state index is 0.0708. The van der Waals surface area contributed by atoms with E-state index in [0.29, 0.717) is 19.0 Å². The first-order chi connectivity index (χ1) is 19.0. The van der Waals surface area contributed by atoms with E-state index in [0.717, 1.165) is 53.8 Å². The van der Waals surface area contributed by atoms with Gasteiger partial charge >= 0.3 is 6.03 Å². The maximum Gasteiger partial charge on any atom is 0.321 e. The summed E-state index contributed by atoms with van der Waals surface area (Å²) in [5, 5.41) is 15.8. The number of carbonyl (C=O) groups is 1. The summed E-state index contributed by atoms with van der Waals surface area (Å²) in [6.45, 7) is 5.89. The van der Waals surface area contributed by atoms with Gasteiger partial charge in [0.15, 0.2) is 0 Å². The van der Waals surface area contributed by atoms with Crippen LogP contribution in [0.2, 0.25) is 0 Å². The molecule has 2 heterocycles. The van der Waals surface area contributed by atoms with Crippen LogP contribution in [0.15, 0.2) is 67.1 Å². The molecule has 0 bridgehead atoms. The third-order valence-corrected chi connectivity index (χ3v) is 7.45. The zero-order chi connectivity index (χ0) is 27.2. The van der Waals surface area contributed by atoms with Crippen LogP contribution in [-0.2, 0) is 32.7 Å². The van der Waals surface area contributed by atoms with Gasteiger partial charge in [-0.15, -0.1) is 0 Å². The predicted molar refractivity (Wildman–Crippen MR) is 152 cm³/mol. The smallest absolute Gasteiger partial charge is 0.321 e. The van der Waals surface area contributed by atoms with Crippen LogP contribution in [0.3, 0.4) is 0 Å². The first-order valence-electron chi connectivity index (χ1n) is 13.5. The molecule has 0 saturated carbocycles. The lowest BCUT2D eigenvalue weighted by Gasteiger charge is -2.36. The van der Waals surface area contributed by atoms with Crippen LogP contribution in [-0.4, -0.2) is 31.0 Å². The van der Waals surface area contributed by atoms with E-state index in [1.165, 1.54) is 16.7 Å². The Morgan fingerprint density at radius 1 is 1.10 bits per heavy atom. The standard InChI is InChI=1S/C31H36N6O2/c1-21-14-22(2)28(34-16-21)19-37(29-9-5-7-24-6-3-4-8-27(24)29)18-25-11-10-23(15-26(25)20-38)17-35-31(39)36-30-32-12-13-33-30/h3-4,6,8,10-16,29,38H,5,7,9,17-20H2,1-2H3,(H3,32,33,35,36,39). The number of hydrogen-bond acceptors (Lipinski definition) is 5. The first kappa shape index (κ1) is 26.6. The van der Waals surface area contributed by atoms with Crippen molar-refractivity contribution >= 4 is 12.0 Å². The van der Waals surface area contributed by atoms with Gasteiger partial charge in [0.1, 0.15) is 0 Å². The van der Waals surface area contributed by atoms with Gasteiger partial charge in [0.05, 0.1) is 12.3 Å². The summed E-state index contributed by atoms with van der Waals surface area (Å²) in [5.41, 5.74) is 9.11. The highest BCUT2D eigenvalue weighted by molar-refractivity contribution is 5.87. The Kier molecular flexibility index (Phi) is 8.34. The van der Waals surface area contributed by atoms with Crippen LogP contribution in [0.1, 0.15) is 63.5 Å². The summed E-state index contributed by atoms with van der Waals surface area (Å²) < 4.78 is 0. The van der Waals surface area contributed by atoms with Crippen LogP contribution in [0.4, 0.5) is 10.7 Å². The minimum atomic E-state index is -0.345. The zero-order valence-electron chi connectivity index (χ0n) is 22.6.